The Kier molecular flexibility index (Phi) is 25.0. The number of rotatable bonds is 23. The van der Waals surface area contributed by atoms with Gasteiger partial charge in [-0.1, -0.05) is 96.8 Å². The average molecular weight is 512 g/mol. The fourth-order valence-electron chi connectivity index (χ4n) is 3.46. The first kappa shape index (κ1) is 35.4. The lowest BCUT2D eigenvalue weighted by atomic mass is 10.0. The number of unbranched alkanes of at least 4 members (excludes halogenated alkanes) is 14. The smallest absolute Gasteiger partial charge is 0.399 e. The van der Waals surface area contributed by atoms with E-state index in [1.54, 1.807) is 0 Å². The first-order valence-corrected chi connectivity index (χ1v) is 14.5. The SMILES string of the molecule is CCCCCCCCCCCCCCCCCC(=O)[O-].COS(=O)(=O)OCC[N+](C)(C)CCO. The monoisotopic (exact) mass is 511 g/mol. The van der Waals surface area contributed by atoms with Gasteiger partial charge in [0.2, 0.25) is 0 Å². The second kappa shape index (κ2) is 24.0. The molecule has 0 unspecified atom stereocenters. The van der Waals surface area contributed by atoms with Crippen molar-refractivity contribution in [2.45, 2.75) is 110 Å². The Bertz CT molecular complexity index is 553. The van der Waals surface area contributed by atoms with Crippen LogP contribution in [0.15, 0.2) is 0 Å². The summed E-state index contributed by atoms with van der Waals surface area (Å²) >= 11 is 0. The molecule has 34 heavy (non-hydrogen) atoms. The Balaban J connectivity index is 0. The quantitative estimate of drug-likeness (QED) is 0.163. The molecule has 0 aliphatic rings. The summed E-state index contributed by atoms with van der Waals surface area (Å²) in [4.78, 5) is 10.2. The normalized spacial score (nSPS) is 11.8. The number of aliphatic carboxylic acids is 1. The van der Waals surface area contributed by atoms with Crippen LogP contribution in [-0.4, -0.2) is 71.5 Å². The maximum absolute atomic E-state index is 10.7. The van der Waals surface area contributed by atoms with Crippen LogP contribution in [-0.2, 0) is 23.6 Å². The van der Waals surface area contributed by atoms with Gasteiger partial charge in [0.05, 0.1) is 27.8 Å². The molecule has 0 saturated carbocycles. The Labute approximate surface area is 209 Å². The van der Waals surface area contributed by atoms with E-state index in [9.17, 15) is 18.3 Å². The molecule has 0 aromatic heterocycles. The highest BCUT2D eigenvalue weighted by atomic mass is 32.3. The summed E-state index contributed by atoms with van der Waals surface area (Å²) in [5, 5.41) is 18.9. The van der Waals surface area contributed by atoms with Gasteiger partial charge in [0, 0.05) is 5.97 Å². The molecule has 0 radical (unpaired) electrons. The molecule has 0 saturated heterocycles. The Morgan fingerprint density at radius 1 is 0.794 bits per heavy atom. The number of nitrogens with zero attached hydrogens (tertiary/aromatic N) is 1. The summed E-state index contributed by atoms with van der Waals surface area (Å²) in [6.07, 6.45) is 19.9. The highest BCUT2D eigenvalue weighted by Crippen LogP contribution is 2.13. The van der Waals surface area contributed by atoms with Crippen molar-refractivity contribution in [3.05, 3.63) is 0 Å². The number of hydrogen-bond acceptors (Lipinski definition) is 7. The van der Waals surface area contributed by atoms with Crippen LogP contribution >= 0.6 is 0 Å². The zero-order valence-corrected chi connectivity index (χ0v) is 23.2. The lowest BCUT2D eigenvalue weighted by Crippen LogP contribution is -2.44. The minimum Gasteiger partial charge on any atom is -0.550 e. The van der Waals surface area contributed by atoms with Gasteiger partial charge >= 0.3 is 10.4 Å². The van der Waals surface area contributed by atoms with Crippen LogP contribution in [0.2, 0.25) is 0 Å². The van der Waals surface area contributed by atoms with E-state index in [2.05, 4.69) is 15.3 Å². The van der Waals surface area contributed by atoms with E-state index < -0.39 is 16.4 Å². The number of aliphatic hydroxyl groups is 1. The van der Waals surface area contributed by atoms with Crippen molar-refractivity contribution in [2.24, 2.45) is 0 Å². The summed E-state index contributed by atoms with van der Waals surface area (Å²) in [5.41, 5.74) is 0. The number of carbonyl (C=O) groups excluding carboxylic acids is 1. The standard InChI is InChI=1S/C18H36O2.C7H18NO5S/c1-2-3-4-5-6-7-8-9-10-11-12-13-14-15-16-17-18(19)20;1-8(2,4-6-9)5-7-13-14(10,11)12-3/h2-17H2,1H3,(H,19,20);9H,4-7H2,1-3H3/q;+1/p-1. The van der Waals surface area contributed by atoms with Crippen LogP contribution in [0.5, 0.6) is 0 Å². The molecule has 8 nitrogen and oxygen atoms in total. The molecule has 206 valence electrons. The lowest BCUT2D eigenvalue weighted by Gasteiger charge is -2.28. The lowest BCUT2D eigenvalue weighted by molar-refractivity contribution is -0.890. The molecular weight excluding hydrogens is 458 g/mol. The largest absolute Gasteiger partial charge is 0.550 e. The highest BCUT2D eigenvalue weighted by molar-refractivity contribution is 7.81. The van der Waals surface area contributed by atoms with Crippen molar-refractivity contribution in [1.29, 1.82) is 0 Å². The zero-order chi connectivity index (χ0) is 26.1. The third-order valence-electron chi connectivity index (χ3n) is 5.82. The molecule has 9 heteroatoms. The molecule has 0 amide bonds. The number of carboxylic acid groups (broad SMARTS) is 1. The van der Waals surface area contributed by atoms with Gasteiger partial charge in [-0.05, 0) is 12.8 Å². The maximum Gasteiger partial charge on any atom is 0.399 e. The fourth-order valence-corrected chi connectivity index (χ4v) is 3.83. The number of aliphatic hydroxyl groups excluding tert-OH is 1. The van der Waals surface area contributed by atoms with E-state index in [1.165, 1.54) is 83.5 Å². The zero-order valence-electron chi connectivity index (χ0n) is 22.4. The second-order valence-electron chi connectivity index (χ2n) is 9.58. The highest BCUT2D eigenvalue weighted by Gasteiger charge is 2.16. The topological polar surface area (TPSA) is 113 Å². The maximum atomic E-state index is 10.7. The molecule has 0 spiro atoms. The number of likely N-dealkylation sites (N-methyl/N-ethyl adjacent to an activating group) is 1. The fraction of sp³-hybridized carbons (Fsp3) is 0.960. The minimum absolute atomic E-state index is 0.0448. The summed E-state index contributed by atoms with van der Waals surface area (Å²) < 4.78 is 30.6. The average Bonchev–Trinajstić information content (AvgIpc) is 2.76. The molecule has 0 bridgehead atoms. The predicted molar refractivity (Wildman–Crippen MR) is 135 cm³/mol. The van der Waals surface area contributed by atoms with Crippen LogP contribution in [0.3, 0.4) is 0 Å². The first-order chi connectivity index (χ1) is 16.1. The van der Waals surface area contributed by atoms with Crippen LogP contribution in [0.4, 0.5) is 0 Å². The minimum atomic E-state index is -3.83. The molecule has 1 N–H and O–H groups in total. The molecule has 0 rings (SSSR count). The van der Waals surface area contributed by atoms with Crippen molar-refractivity contribution >= 4 is 16.4 Å². The van der Waals surface area contributed by atoms with E-state index in [0.717, 1.165) is 20.0 Å². The van der Waals surface area contributed by atoms with Crippen LogP contribution < -0.4 is 5.11 Å². The van der Waals surface area contributed by atoms with E-state index >= 15 is 0 Å². The van der Waals surface area contributed by atoms with Gasteiger partial charge in [-0.25, -0.2) is 4.18 Å². The number of carboxylic acids is 1. The van der Waals surface area contributed by atoms with Gasteiger partial charge in [-0.3, -0.25) is 4.18 Å². The van der Waals surface area contributed by atoms with Gasteiger partial charge in [0.1, 0.15) is 19.7 Å². The molecular formula is C25H53NO7S. The van der Waals surface area contributed by atoms with Gasteiger partial charge in [-0.15, -0.1) is 0 Å². The Morgan fingerprint density at radius 2 is 1.21 bits per heavy atom. The van der Waals surface area contributed by atoms with Crippen molar-refractivity contribution in [2.75, 3.05) is 47.5 Å². The van der Waals surface area contributed by atoms with E-state index in [1.807, 2.05) is 14.1 Å². The van der Waals surface area contributed by atoms with Crippen molar-refractivity contribution in [1.82, 2.24) is 0 Å². The van der Waals surface area contributed by atoms with E-state index in [4.69, 9.17) is 5.11 Å². The first-order valence-electron chi connectivity index (χ1n) is 13.2. The van der Waals surface area contributed by atoms with Gasteiger partial charge < -0.3 is 19.5 Å². The summed E-state index contributed by atoms with van der Waals surface area (Å²) in [5.74, 6) is -0.903. The van der Waals surface area contributed by atoms with E-state index in [0.29, 0.717) is 17.6 Å². The Hall–Kier alpha value is -0.740. The van der Waals surface area contributed by atoms with E-state index in [-0.39, 0.29) is 19.6 Å². The van der Waals surface area contributed by atoms with Crippen molar-refractivity contribution < 1.29 is 36.3 Å². The molecule has 0 heterocycles. The number of hydrogen-bond donors (Lipinski definition) is 1. The molecule has 0 aromatic carbocycles. The van der Waals surface area contributed by atoms with Gasteiger partial charge in [0.15, 0.2) is 0 Å². The third kappa shape index (κ3) is 29.3. The van der Waals surface area contributed by atoms with Crippen molar-refractivity contribution in [3.63, 3.8) is 0 Å². The number of quaternary nitrogens is 1. The summed E-state index contributed by atoms with van der Waals surface area (Å²) in [6.45, 7) is 3.41. The number of carbonyl (C=O) groups is 1. The van der Waals surface area contributed by atoms with Crippen LogP contribution in [0, 0.1) is 0 Å². The van der Waals surface area contributed by atoms with Gasteiger partial charge in [-0.2, -0.15) is 8.42 Å². The second-order valence-corrected chi connectivity index (χ2v) is 11.0. The third-order valence-corrected chi connectivity index (χ3v) is 6.68. The molecule has 0 aliphatic carbocycles. The molecule has 0 aliphatic heterocycles. The van der Waals surface area contributed by atoms with Crippen LogP contribution in [0.25, 0.3) is 0 Å². The molecule has 0 atom stereocenters. The summed E-state index contributed by atoms with van der Waals surface area (Å²) in [6, 6.07) is 0. The van der Waals surface area contributed by atoms with Crippen molar-refractivity contribution in [3.8, 4) is 0 Å². The van der Waals surface area contributed by atoms with Crippen LogP contribution in [0.1, 0.15) is 110 Å². The molecule has 0 aromatic rings. The Morgan fingerprint density at radius 3 is 1.56 bits per heavy atom. The predicted octanol–water partition coefficient (Wildman–Crippen LogP) is 3.96. The molecule has 0 fully saturated rings. The summed E-state index contributed by atoms with van der Waals surface area (Å²) in [7, 11) is 0.963. The van der Waals surface area contributed by atoms with Gasteiger partial charge in [0.25, 0.3) is 0 Å².